The molecule has 6 nitrogen and oxygen atoms in total. The van der Waals surface area contributed by atoms with Gasteiger partial charge in [0.2, 0.25) is 0 Å². The molecule has 52 heavy (non-hydrogen) atoms. The predicted molar refractivity (Wildman–Crippen MR) is 222 cm³/mol. The van der Waals surface area contributed by atoms with Crippen LogP contribution in [-0.2, 0) is 14.3 Å². The first kappa shape index (κ1) is 49.3. The van der Waals surface area contributed by atoms with Gasteiger partial charge in [0.25, 0.3) is 0 Å². The van der Waals surface area contributed by atoms with Crippen molar-refractivity contribution < 1.29 is 24.5 Å². The van der Waals surface area contributed by atoms with Crippen LogP contribution in [0.15, 0.2) is 0 Å². The molecular formula is C46H91NO5. The van der Waals surface area contributed by atoms with Gasteiger partial charge in [-0.05, 0) is 76.3 Å². The zero-order valence-electron chi connectivity index (χ0n) is 35.2. The third-order valence-corrected chi connectivity index (χ3v) is 11.5. The Morgan fingerprint density at radius 1 is 0.577 bits per heavy atom. The van der Waals surface area contributed by atoms with E-state index in [1.54, 1.807) is 0 Å². The third kappa shape index (κ3) is 31.6. The summed E-state index contributed by atoms with van der Waals surface area (Å²) in [5.74, 6) is 1.44. The second-order valence-electron chi connectivity index (χ2n) is 16.6. The number of nitrogens with zero attached hydrogens (tertiary/aromatic N) is 1. The number of aliphatic hydroxyl groups is 2. The molecule has 0 saturated heterocycles. The highest BCUT2D eigenvalue weighted by molar-refractivity contribution is 5.69. The standard InChI is InChI=1S/C46H91NO5/c1-4-7-10-13-18-25-32-44(33-26-19-14-11-8-5-2)52-46(50)35-28-21-16-23-30-37-47(38-39-48)36-29-22-15-20-27-34-45(49)51-41-43-40-42(43)31-24-17-12-9-6-3/h42-44,46,48,50H,4-41H2,1-3H3. The van der Waals surface area contributed by atoms with Crippen LogP contribution in [0, 0.1) is 11.8 Å². The number of rotatable bonds is 42. The molecule has 310 valence electrons. The Kier molecular flexibility index (Phi) is 35.3. The molecule has 6 heteroatoms. The lowest BCUT2D eigenvalue weighted by atomic mass is 10.0. The van der Waals surface area contributed by atoms with Crippen molar-refractivity contribution in [2.75, 3.05) is 32.8 Å². The zero-order valence-corrected chi connectivity index (χ0v) is 35.2. The van der Waals surface area contributed by atoms with Crippen LogP contribution in [0.3, 0.4) is 0 Å². The molecule has 3 atom stereocenters. The van der Waals surface area contributed by atoms with Crippen LogP contribution in [-0.4, -0.2) is 66.3 Å². The normalized spacial score (nSPS) is 16.3. The minimum absolute atomic E-state index is 0.00141. The number of unbranched alkanes of at least 4 members (excludes halogenated alkanes) is 22. The second-order valence-corrected chi connectivity index (χ2v) is 16.6. The summed E-state index contributed by atoms with van der Waals surface area (Å²) in [5.41, 5.74) is 0. The first-order valence-electron chi connectivity index (χ1n) is 23.4. The Hall–Kier alpha value is -0.690. The van der Waals surface area contributed by atoms with Crippen LogP contribution >= 0.6 is 0 Å². The average Bonchev–Trinajstić information content (AvgIpc) is 3.90. The Bertz CT molecular complexity index is 734. The lowest BCUT2D eigenvalue weighted by Gasteiger charge is -2.22. The molecule has 0 bridgehead atoms. The topological polar surface area (TPSA) is 79.2 Å². The molecule has 1 aliphatic carbocycles. The zero-order chi connectivity index (χ0) is 37.7. The minimum Gasteiger partial charge on any atom is -0.465 e. The highest BCUT2D eigenvalue weighted by Gasteiger charge is 2.37. The number of aliphatic hydroxyl groups excluding tert-OH is 2. The highest BCUT2D eigenvalue weighted by Crippen LogP contribution is 2.42. The van der Waals surface area contributed by atoms with Gasteiger partial charge in [-0.3, -0.25) is 4.79 Å². The Balaban J connectivity index is 2.06. The van der Waals surface area contributed by atoms with E-state index < -0.39 is 6.29 Å². The number of ether oxygens (including phenoxy) is 2. The number of hydrogen-bond donors (Lipinski definition) is 2. The summed E-state index contributed by atoms with van der Waals surface area (Å²) >= 11 is 0. The molecule has 0 amide bonds. The van der Waals surface area contributed by atoms with Crippen LogP contribution in [0.1, 0.15) is 233 Å². The van der Waals surface area contributed by atoms with E-state index in [0.717, 1.165) is 83.3 Å². The lowest BCUT2D eigenvalue weighted by molar-refractivity contribution is -0.144. The minimum atomic E-state index is -0.617. The molecule has 1 saturated carbocycles. The van der Waals surface area contributed by atoms with Crippen LogP contribution < -0.4 is 0 Å². The maximum atomic E-state index is 12.2. The average molecular weight is 738 g/mol. The van der Waals surface area contributed by atoms with Crippen molar-refractivity contribution in [2.45, 2.75) is 245 Å². The SMILES string of the molecule is CCCCCCCCC(CCCCCCCC)OC(O)CCCCCCCN(CCO)CCCCCCCC(=O)OCC1CC1CCCCCCC. The Morgan fingerprint density at radius 2 is 1.04 bits per heavy atom. The lowest BCUT2D eigenvalue weighted by Crippen LogP contribution is -2.29. The summed E-state index contributed by atoms with van der Waals surface area (Å²) in [6, 6.07) is 0. The van der Waals surface area contributed by atoms with Gasteiger partial charge in [0.15, 0.2) is 6.29 Å². The van der Waals surface area contributed by atoms with Crippen LogP contribution in [0.4, 0.5) is 0 Å². The predicted octanol–water partition coefficient (Wildman–Crippen LogP) is 12.7. The Morgan fingerprint density at radius 3 is 1.58 bits per heavy atom. The molecule has 0 heterocycles. The Labute approximate surface area is 324 Å². The van der Waals surface area contributed by atoms with Crippen molar-refractivity contribution in [3.05, 3.63) is 0 Å². The summed E-state index contributed by atoms with van der Waals surface area (Å²) < 4.78 is 11.8. The van der Waals surface area contributed by atoms with Crippen molar-refractivity contribution in [1.82, 2.24) is 4.90 Å². The summed E-state index contributed by atoms with van der Waals surface area (Å²) in [4.78, 5) is 14.6. The van der Waals surface area contributed by atoms with Crippen molar-refractivity contribution >= 4 is 5.97 Å². The van der Waals surface area contributed by atoms with E-state index in [0.29, 0.717) is 18.9 Å². The number of esters is 1. The summed E-state index contributed by atoms with van der Waals surface area (Å²) in [5, 5.41) is 20.3. The second kappa shape index (κ2) is 37.2. The largest absolute Gasteiger partial charge is 0.465 e. The van der Waals surface area contributed by atoms with Crippen LogP contribution in [0.2, 0.25) is 0 Å². The molecule has 0 aromatic rings. The molecule has 0 aromatic heterocycles. The molecule has 1 aliphatic rings. The fourth-order valence-corrected chi connectivity index (χ4v) is 7.82. The van der Waals surface area contributed by atoms with Gasteiger partial charge >= 0.3 is 5.97 Å². The number of carbonyl (C=O) groups excluding carboxylic acids is 1. The first-order chi connectivity index (χ1) is 25.5. The summed E-state index contributed by atoms with van der Waals surface area (Å²) in [7, 11) is 0. The van der Waals surface area contributed by atoms with E-state index in [-0.39, 0.29) is 18.7 Å². The third-order valence-electron chi connectivity index (χ3n) is 11.5. The summed E-state index contributed by atoms with van der Waals surface area (Å²) in [6.45, 7) is 10.5. The van der Waals surface area contributed by atoms with Crippen molar-refractivity contribution in [2.24, 2.45) is 11.8 Å². The quantitative estimate of drug-likeness (QED) is 0.0369. The van der Waals surface area contributed by atoms with Crippen LogP contribution in [0.25, 0.3) is 0 Å². The van der Waals surface area contributed by atoms with Gasteiger partial charge in [-0.15, -0.1) is 0 Å². The molecule has 3 unspecified atom stereocenters. The molecule has 1 fully saturated rings. The number of carbonyl (C=O) groups is 1. The van der Waals surface area contributed by atoms with E-state index in [1.807, 2.05) is 0 Å². The monoisotopic (exact) mass is 738 g/mol. The van der Waals surface area contributed by atoms with Gasteiger partial charge in [-0.1, -0.05) is 175 Å². The van der Waals surface area contributed by atoms with Crippen molar-refractivity contribution in [3.63, 3.8) is 0 Å². The van der Waals surface area contributed by atoms with Gasteiger partial charge in [0.1, 0.15) is 0 Å². The van der Waals surface area contributed by atoms with Crippen molar-refractivity contribution in [3.8, 4) is 0 Å². The van der Waals surface area contributed by atoms with Gasteiger partial charge in [0.05, 0.1) is 19.3 Å². The molecule has 1 rings (SSSR count). The fourth-order valence-electron chi connectivity index (χ4n) is 7.82. The van der Waals surface area contributed by atoms with Crippen molar-refractivity contribution in [1.29, 1.82) is 0 Å². The highest BCUT2D eigenvalue weighted by atomic mass is 16.6. The van der Waals surface area contributed by atoms with Crippen LogP contribution in [0.5, 0.6) is 0 Å². The number of hydrogen-bond acceptors (Lipinski definition) is 6. The van der Waals surface area contributed by atoms with Gasteiger partial charge in [-0.2, -0.15) is 0 Å². The smallest absolute Gasteiger partial charge is 0.305 e. The van der Waals surface area contributed by atoms with E-state index >= 15 is 0 Å². The molecule has 0 aromatic carbocycles. The molecule has 0 spiro atoms. The van der Waals surface area contributed by atoms with E-state index in [4.69, 9.17) is 9.47 Å². The molecule has 0 aliphatic heterocycles. The fraction of sp³-hybridized carbons (Fsp3) is 0.978. The molecule has 2 N–H and O–H groups in total. The van der Waals surface area contributed by atoms with Gasteiger partial charge in [0, 0.05) is 13.0 Å². The molecule has 0 radical (unpaired) electrons. The summed E-state index contributed by atoms with van der Waals surface area (Å²) in [6.07, 6.45) is 39.4. The maximum Gasteiger partial charge on any atom is 0.305 e. The maximum absolute atomic E-state index is 12.2. The van der Waals surface area contributed by atoms with E-state index in [2.05, 4.69) is 25.7 Å². The van der Waals surface area contributed by atoms with Gasteiger partial charge in [-0.25, -0.2) is 0 Å². The first-order valence-corrected chi connectivity index (χ1v) is 23.4. The van der Waals surface area contributed by atoms with Gasteiger partial charge < -0.3 is 24.6 Å². The van der Waals surface area contributed by atoms with E-state index in [1.165, 1.54) is 148 Å². The molecular weight excluding hydrogens is 647 g/mol. The van der Waals surface area contributed by atoms with E-state index in [9.17, 15) is 15.0 Å².